The van der Waals surface area contributed by atoms with Crippen LogP contribution in [0.3, 0.4) is 0 Å². The highest BCUT2D eigenvalue weighted by Crippen LogP contribution is 2.30. The van der Waals surface area contributed by atoms with E-state index in [-0.39, 0.29) is 19.0 Å². The normalized spacial score (nSPS) is 11.3. The lowest BCUT2D eigenvalue weighted by Gasteiger charge is -2.09. The van der Waals surface area contributed by atoms with Crippen LogP contribution in [0.4, 0.5) is 13.2 Å². The second-order valence-electron chi connectivity index (χ2n) is 6.05. The van der Waals surface area contributed by atoms with Crippen molar-refractivity contribution in [1.82, 2.24) is 30.6 Å². The number of halogens is 3. The van der Waals surface area contributed by atoms with Crippen LogP contribution in [-0.2, 0) is 24.1 Å². The second kappa shape index (κ2) is 9.20. The molecule has 0 aliphatic heterocycles. The standard InChI is InChI=1S/C19H17F3N6O/c20-19(21,22)14-3-1-13(2-4-14)17-7-15(27-12-28-17)10-26-18(29)11-24-9-16-8-23-5-6-25-16/h1-8,12,24H,9-11H2,(H,26,29). The maximum Gasteiger partial charge on any atom is 0.416 e. The van der Waals surface area contributed by atoms with E-state index in [0.717, 1.165) is 17.8 Å². The molecule has 150 valence electrons. The molecule has 29 heavy (non-hydrogen) atoms. The first kappa shape index (κ1) is 20.3. The van der Waals surface area contributed by atoms with Gasteiger partial charge in [0.05, 0.1) is 35.7 Å². The van der Waals surface area contributed by atoms with Crippen LogP contribution in [0.1, 0.15) is 17.0 Å². The molecule has 3 aromatic rings. The van der Waals surface area contributed by atoms with Gasteiger partial charge in [-0.25, -0.2) is 9.97 Å². The Morgan fingerprint density at radius 1 is 0.966 bits per heavy atom. The van der Waals surface area contributed by atoms with Gasteiger partial charge in [0.2, 0.25) is 5.91 Å². The molecule has 2 aromatic heterocycles. The molecule has 0 saturated carbocycles. The van der Waals surface area contributed by atoms with Crippen molar-refractivity contribution < 1.29 is 18.0 Å². The lowest BCUT2D eigenvalue weighted by molar-refractivity contribution is -0.137. The number of carbonyl (C=O) groups excluding carboxylic acids is 1. The van der Waals surface area contributed by atoms with E-state index in [2.05, 4.69) is 30.6 Å². The third-order valence-electron chi connectivity index (χ3n) is 3.91. The van der Waals surface area contributed by atoms with Gasteiger partial charge in [0.25, 0.3) is 0 Å². The average molecular weight is 402 g/mol. The molecule has 0 aliphatic carbocycles. The predicted molar refractivity (Wildman–Crippen MR) is 98.1 cm³/mol. The summed E-state index contributed by atoms with van der Waals surface area (Å²) in [6.45, 7) is 0.669. The summed E-state index contributed by atoms with van der Waals surface area (Å²) in [5.41, 5.74) is 1.53. The van der Waals surface area contributed by atoms with Crippen molar-refractivity contribution in [3.8, 4) is 11.3 Å². The Bertz CT molecular complexity index is 948. The highest BCUT2D eigenvalue weighted by Gasteiger charge is 2.30. The molecule has 1 amide bonds. The average Bonchev–Trinajstić information content (AvgIpc) is 2.73. The third kappa shape index (κ3) is 6.04. The van der Waals surface area contributed by atoms with E-state index in [9.17, 15) is 18.0 Å². The SMILES string of the molecule is O=C(CNCc1cnccn1)NCc1cc(-c2ccc(C(F)(F)F)cc2)ncn1. The van der Waals surface area contributed by atoms with E-state index >= 15 is 0 Å². The fraction of sp³-hybridized carbons (Fsp3) is 0.211. The molecule has 2 heterocycles. The predicted octanol–water partition coefficient (Wildman–Crippen LogP) is 2.36. The van der Waals surface area contributed by atoms with Crippen molar-refractivity contribution in [3.05, 3.63) is 72.2 Å². The van der Waals surface area contributed by atoms with Gasteiger partial charge in [0.1, 0.15) is 6.33 Å². The van der Waals surface area contributed by atoms with Crippen LogP contribution in [0, 0.1) is 0 Å². The highest BCUT2D eigenvalue weighted by atomic mass is 19.4. The van der Waals surface area contributed by atoms with Gasteiger partial charge in [0.15, 0.2) is 0 Å². The van der Waals surface area contributed by atoms with Gasteiger partial charge in [-0.2, -0.15) is 13.2 Å². The number of hydrogen-bond acceptors (Lipinski definition) is 6. The van der Waals surface area contributed by atoms with Crippen molar-refractivity contribution in [1.29, 1.82) is 0 Å². The van der Waals surface area contributed by atoms with Crippen LogP contribution < -0.4 is 10.6 Å². The molecule has 7 nitrogen and oxygen atoms in total. The fourth-order valence-electron chi connectivity index (χ4n) is 2.46. The number of rotatable bonds is 7. The molecule has 0 radical (unpaired) electrons. The molecule has 0 atom stereocenters. The molecule has 0 fully saturated rings. The summed E-state index contributed by atoms with van der Waals surface area (Å²) in [4.78, 5) is 28.1. The van der Waals surface area contributed by atoms with Gasteiger partial charge >= 0.3 is 6.18 Å². The largest absolute Gasteiger partial charge is 0.416 e. The fourth-order valence-corrected chi connectivity index (χ4v) is 2.46. The zero-order valence-corrected chi connectivity index (χ0v) is 15.1. The molecule has 0 bridgehead atoms. The van der Waals surface area contributed by atoms with Crippen LogP contribution >= 0.6 is 0 Å². The van der Waals surface area contributed by atoms with E-state index < -0.39 is 11.7 Å². The number of hydrogen-bond donors (Lipinski definition) is 2. The lowest BCUT2D eigenvalue weighted by Crippen LogP contribution is -2.33. The third-order valence-corrected chi connectivity index (χ3v) is 3.91. The van der Waals surface area contributed by atoms with Gasteiger partial charge in [-0.1, -0.05) is 12.1 Å². The number of nitrogens with one attached hydrogen (secondary N) is 2. The van der Waals surface area contributed by atoms with Crippen LogP contribution in [0.25, 0.3) is 11.3 Å². The van der Waals surface area contributed by atoms with Gasteiger partial charge < -0.3 is 10.6 Å². The van der Waals surface area contributed by atoms with E-state index in [1.807, 2.05) is 0 Å². The molecule has 0 spiro atoms. The highest BCUT2D eigenvalue weighted by molar-refractivity contribution is 5.77. The first-order valence-electron chi connectivity index (χ1n) is 8.62. The maximum absolute atomic E-state index is 12.7. The Morgan fingerprint density at radius 2 is 1.76 bits per heavy atom. The number of aromatic nitrogens is 4. The van der Waals surface area contributed by atoms with Crippen molar-refractivity contribution in [2.45, 2.75) is 19.3 Å². The number of carbonyl (C=O) groups is 1. The number of amides is 1. The summed E-state index contributed by atoms with van der Waals surface area (Å²) in [5, 5.41) is 5.67. The Hall–Kier alpha value is -3.40. The van der Waals surface area contributed by atoms with Gasteiger partial charge in [-0.15, -0.1) is 0 Å². The van der Waals surface area contributed by atoms with Crippen LogP contribution in [0.15, 0.2) is 55.2 Å². The molecule has 0 aliphatic rings. The first-order chi connectivity index (χ1) is 13.9. The monoisotopic (exact) mass is 402 g/mol. The van der Waals surface area contributed by atoms with Gasteiger partial charge in [-0.3, -0.25) is 14.8 Å². The molecule has 3 rings (SSSR count). The quantitative estimate of drug-likeness (QED) is 0.630. The molecule has 0 saturated heterocycles. The lowest BCUT2D eigenvalue weighted by atomic mass is 10.1. The summed E-state index contributed by atoms with van der Waals surface area (Å²) in [6.07, 6.45) is 1.66. The summed E-state index contributed by atoms with van der Waals surface area (Å²) in [7, 11) is 0. The molecule has 0 unspecified atom stereocenters. The molecule has 10 heteroatoms. The Labute approximate surface area is 164 Å². The summed E-state index contributed by atoms with van der Waals surface area (Å²) in [5.74, 6) is -0.233. The summed E-state index contributed by atoms with van der Waals surface area (Å²) < 4.78 is 38.0. The van der Waals surface area contributed by atoms with Crippen molar-refractivity contribution in [2.24, 2.45) is 0 Å². The Kier molecular flexibility index (Phi) is 6.45. The zero-order chi connectivity index (χ0) is 20.7. The van der Waals surface area contributed by atoms with E-state index in [1.165, 1.54) is 18.5 Å². The minimum atomic E-state index is -4.39. The maximum atomic E-state index is 12.7. The second-order valence-corrected chi connectivity index (χ2v) is 6.05. The van der Waals surface area contributed by atoms with Crippen molar-refractivity contribution in [2.75, 3.05) is 6.54 Å². The Morgan fingerprint density at radius 3 is 2.45 bits per heavy atom. The summed E-state index contributed by atoms with van der Waals surface area (Å²) >= 11 is 0. The van der Waals surface area contributed by atoms with Crippen molar-refractivity contribution >= 4 is 5.91 Å². The molecule has 2 N–H and O–H groups in total. The Balaban J connectivity index is 1.52. The van der Waals surface area contributed by atoms with Gasteiger partial charge in [-0.05, 0) is 18.2 Å². The van der Waals surface area contributed by atoms with Gasteiger partial charge in [0, 0.05) is 30.7 Å². The van der Waals surface area contributed by atoms with Crippen LogP contribution in [0.2, 0.25) is 0 Å². The first-order valence-corrected chi connectivity index (χ1v) is 8.62. The van der Waals surface area contributed by atoms with Crippen LogP contribution in [0.5, 0.6) is 0 Å². The van der Waals surface area contributed by atoms with E-state index in [1.54, 1.807) is 24.7 Å². The van der Waals surface area contributed by atoms with Crippen molar-refractivity contribution in [3.63, 3.8) is 0 Å². The van der Waals surface area contributed by atoms with E-state index in [4.69, 9.17) is 0 Å². The molecular weight excluding hydrogens is 385 g/mol. The molecule has 1 aromatic carbocycles. The minimum absolute atomic E-state index is 0.0907. The number of nitrogens with zero attached hydrogens (tertiary/aromatic N) is 4. The minimum Gasteiger partial charge on any atom is -0.349 e. The molecular formula is C19H17F3N6O. The zero-order valence-electron chi connectivity index (χ0n) is 15.1. The topological polar surface area (TPSA) is 92.7 Å². The number of benzene rings is 1. The van der Waals surface area contributed by atoms with Crippen LogP contribution in [-0.4, -0.2) is 32.4 Å². The number of alkyl halides is 3. The smallest absolute Gasteiger partial charge is 0.349 e. The summed E-state index contributed by atoms with van der Waals surface area (Å²) in [6, 6.07) is 6.33. The van der Waals surface area contributed by atoms with E-state index in [0.29, 0.717) is 23.5 Å².